The van der Waals surface area contributed by atoms with Gasteiger partial charge < -0.3 is 19.8 Å². The minimum Gasteiger partial charge on any atom is -0.468 e. The summed E-state index contributed by atoms with van der Waals surface area (Å²) in [5, 5.41) is 3.57. The highest BCUT2D eigenvalue weighted by molar-refractivity contribution is 6.12. The third-order valence-corrected chi connectivity index (χ3v) is 5.03. The van der Waals surface area contributed by atoms with Crippen molar-refractivity contribution in [3.05, 3.63) is 36.0 Å². The van der Waals surface area contributed by atoms with Crippen LogP contribution in [0.2, 0.25) is 0 Å². The van der Waals surface area contributed by atoms with E-state index >= 15 is 0 Å². The number of ether oxygens (including phenoxy) is 2. The molecule has 3 rings (SSSR count). The lowest BCUT2D eigenvalue weighted by Gasteiger charge is -2.35. The maximum Gasteiger partial charge on any atom is 0.322 e. The van der Waals surface area contributed by atoms with Crippen LogP contribution in [0.1, 0.15) is 25.3 Å². The van der Waals surface area contributed by atoms with Crippen LogP contribution < -0.4 is 5.32 Å². The van der Waals surface area contributed by atoms with E-state index in [-0.39, 0.29) is 18.8 Å². The summed E-state index contributed by atoms with van der Waals surface area (Å²) in [5.74, 6) is -2.68. The maximum absolute atomic E-state index is 12.8. The highest BCUT2D eigenvalue weighted by Gasteiger charge is 2.55. The molecule has 2 atom stereocenters. The molecule has 148 valence electrons. The normalized spacial score (nSPS) is 22.0. The van der Waals surface area contributed by atoms with Gasteiger partial charge in [0.25, 0.3) is 0 Å². The number of carbonyl (C=O) groups is 4. The lowest BCUT2D eigenvalue weighted by Crippen LogP contribution is -2.60. The molecule has 2 N–H and O–H groups in total. The summed E-state index contributed by atoms with van der Waals surface area (Å²) in [6, 6.07) is 6.85. The molecule has 8 nitrogen and oxygen atoms in total. The minimum atomic E-state index is -1.89. The molecule has 8 heteroatoms. The van der Waals surface area contributed by atoms with E-state index in [2.05, 4.69) is 10.3 Å². The molecule has 28 heavy (non-hydrogen) atoms. The first kappa shape index (κ1) is 19.6. The molecule has 1 saturated heterocycles. The number of rotatable bonds is 6. The second kappa shape index (κ2) is 7.84. The fourth-order valence-electron chi connectivity index (χ4n) is 3.60. The number of aromatic nitrogens is 1. The molecule has 1 aliphatic heterocycles. The van der Waals surface area contributed by atoms with Crippen molar-refractivity contribution < 1.29 is 28.7 Å². The molecule has 0 saturated carbocycles. The number of methoxy groups -OCH3 is 1. The van der Waals surface area contributed by atoms with Gasteiger partial charge in [-0.05, 0) is 18.6 Å². The minimum absolute atomic E-state index is 0.106. The molecule has 0 unspecified atom stereocenters. The SMILES string of the molecule is CCOC(=O)C[C@]1(C(=O)OC)CC(=O)[C@H](Cc2c[nH]c3ccccc23)NC1=O. The number of benzene rings is 1. The summed E-state index contributed by atoms with van der Waals surface area (Å²) in [4.78, 5) is 53.0. The molecule has 2 aromatic rings. The van der Waals surface area contributed by atoms with Crippen molar-refractivity contribution in [2.75, 3.05) is 13.7 Å². The van der Waals surface area contributed by atoms with Gasteiger partial charge in [-0.2, -0.15) is 0 Å². The van der Waals surface area contributed by atoms with Gasteiger partial charge in [-0.1, -0.05) is 18.2 Å². The van der Waals surface area contributed by atoms with Gasteiger partial charge in [-0.15, -0.1) is 0 Å². The van der Waals surface area contributed by atoms with Crippen LogP contribution in [0.15, 0.2) is 30.5 Å². The van der Waals surface area contributed by atoms with Crippen LogP contribution in [-0.4, -0.2) is 48.4 Å². The van der Waals surface area contributed by atoms with Crippen LogP contribution in [0.5, 0.6) is 0 Å². The number of fused-ring (bicyclic) bond motifs is 1. The molecule has 0 spiro atoms. The fourth-order valence-corrected chi connectivity index (χ4v) is 3.60. The quantitative estimate of drug-likeness (QED) is 0.571. The topological polar surface area (TPSA) is 115 Å². The number of ketones is 1. The Morgan fingerprint density at radius 3 is 2.71 bits per heavy atom. The molecule has 1 aromatic heterocycles. The van der Waals surface area contributed by atoms with Gasteiger partial charge in [0.05, 0.1) is 26.2 Å². The number of amides is 1. The summed E-state index contributed by atoms with van der Waals surface area (Å²) in [7, 11) is 1.12. The molecule has 0 radical (unpaired) electrons. The molecule has 2 heterocycles. The Hall–Kier alpha value is -3.16. The van der Waals surface area contributed by atoms with Crippen LogP contribution in [0.3, 0.4) is 0 Å². The van der Waals surface area contributed by atoms with Crippen molar-refractivity contribution in [2.45, 2.75) is 32.2 Å². The van der Waals surface area contributed by atoms with Crippen molar-refractivity contribution >= 4 is 34.5 Å². The molecule has 1 aromatic carbocycles. The number of para-hydroxylation sites is 1. The lowest BCUT2D eigenvalue weighted by molar-refractivity contribution is -0.170. The average Bonchev–Trinajstić information content (AvgIpc) is 3.08. The van der Waals surface area contributed by atoms with Crippen LogP contribution in [-0.2, 0) is 35.1 Å². The first-order chi connectivity index (χ1) is 13.4. The fraction of sp³-hybridized carbons (Fsp3) is 0.400. The highest BCUT2D eigenvalue weighted by Crippen LogP contribution is 2.34. The number of carbonyl (C=O) groups excluding carboxylic acids is 4. The number of nitrogens with one attached hydrogen (secondary N) is 2. The molecular formula is C20H22N2O6. The maximum atomic E-state index is 12.8. The zero-order valence-electron chi connectivity index (χ0n) is 15.7. The van der Waals surface area contributed by atoms with Crippen molar-refractivity contribution in [1.29, 1.82) is 0 Å². The number of piperidine rings is 1. The van der Waals surface area contributed by atoms with Gasteiger partial charge in [0.2, 0.25) is 5.91 Å². The number of Topliss-reactive ketones (excluding diaryl/α,β-unsaturated/α-hetero) is 1. The van der Waals surface area contributed by atoms with Crippen LogP contribution in [0.4, 0.5) is 0 Å². The van der Waals surface area contributed by atoms with Crippen LogP contribution >= 0.6 is 0 Å². The number of aromatic amines is 1. The summed E-state index contributed by atoms with van der Waals surface area (Å²) in [6.45, 7) is 1.72. The Kier molecular flexibility index (Phi) is 5.48. The first-order valence-corrected chi connectivity index (χ1v) is 9.04. The van der Waals surface area contributed by atoms with Gasteiger partial charge in [0, 0.05) is 29.9 Å². The summed E-state index contributed by atoms with van der Waals surface area (Å²) < 4.78 is 9.59. The third-order valence-electron chi connectivity index (χ3n) is 5.03. The van der Waals surface area contributed by atoms with Crippen molar-refractivity contribution in [1.82, 2.24) is 10.3 Å². The van der Waals surface area contributed by atoms with Gasteiger partial charge in [-0.3, -0.25) is 19.2 Å². The van der Waals surface area contributed by atoms with Crippen LogP contribution in [0.25, 0.3) is 10.9 Å². The van der Waals surface area contributed by atoms with Crippen molar-refractivity contribution in [3.8, 4) is 0 Å². The molecule has 1 amide bonds. The zero-order chi connectivity index (χ0) is 20.3. The zero-order valence-corrected chi connectivity index (χ0v) is 15.7. The summed E-state index contributed by atoms with van der Waals surface area (Å²) in [5.41, 5.74) is -0.0852. The number of hydrogen-bond acceptors (Lipinski definition) is 6. The average molecular weight is 386 g/mol. The van der Waals surface area contributed by atoms with E-state index in [1.165, 1.54) is 0 Å². The second-order valence-electron chi connectivity index (χ2n) is 6.79. The van der Waals surface area contributed by atoms with Gasteiger partial charge >= 0.3 is 11.9 Å². The standard InChI is InChI=1S/C20H22N2O6/c1-3-28-17(24)10-20(19(26)27-2)9-16(23)15(22-18(20)25)8-12-11-21-14-7-5-4-6-13(12)14/h4-7,11,15,21H,3,8-10H2,1-2H3,(H,22,25)/t15-,20+/m0/s1. The van der Waals surface area contributed by atoms with Crippen molar-refractivity contribution in [3.63, 3.8) is 0 Å². The van der Waals surface area contributed by atoms with Crippen LogP contribution in [0, 0.1) is 5.41 Å². The Labute approximate surface area is 161 Å². The van der Waals surface area contributed by atoms with E-state index in [9.17, 15) is 19.2 Å². The largest absolute Gasteiger partial charge is 0.468 e. The number of esters is 2. The third kappa shape index (κ3) is 3.49. The van der Waals surface area contributed by atoms with Crippen molar-refractivity contribution in [2.24, 2.45) is 5.41 Å². The van der Waals surface area contributed by atoms with E-state index in [1.807, 2.05) is 24.3 Å². The summed E-state index contributed by atoms with van der Waals surface area (Å²) in [6.07, 6.45) is 1.14. The number of H-pyrrole nitrogens is 1. The molecule has 0 bridgehead atoms. The Bertz CT molecular complexity index is 934. The smallest absolute Gasteiger partial charge is 0.322 e. The Morgan fingerprint density at radius 2 is 2.00 bits per heavy atom. The second-order valence-corrected chi connectivity index (χ2v) is 6.79. The van der Waals surface area contributed by atoms with E-state index in [1.54, 1.807) is 13.1 Å². The van der Waals surface area contributed by atoms with E-state index in [0.29, 0.717) is 0 Å². The monoisotopic (exact) mass is 386 g/mol. The Balaban J connectivity index is 1.83. The van der Waals surface area contributed by atoms with Gasteiger partial charge in [-0.25, -0.2) is 0 Å². The van der Waals surface area contributed by atoms with E-state index in [4.69, 9.17) is 9.47 Å². The molecule has 1 fully saturated rings. The summed E-state index contributed by atoms with van der Waals surface area (Å²) >= 11 is 0. The lowest BCUT2D eigenvalue weighted by atomic mass is 9.74. The predicted octanol–water partition coefficient (Wildman–Crippen LogP) is 1.28. The molecule has 0 aliphatic carbocycles. The molecule has 1 aliphatic rings. The van der Waals surface area contributed by atoms with E-state index in [0.717, 1.165) is 23.6 Å². The highest BCUT2D eigenvalue weighted by atomic mass is 16.5. The van der Waals surface area contributed by atoms with Gasteiger partial charge in [0.15, 0.2) is 11.2 Å². The first-order valence-electron chi connectivity index (χ1n) is 9.04. The predicted molar refractivity (Wildman–Crippen MR) is 99.3 cm³/mol. The molecular weight excluding hydrogens is 364 g/mol. The van der Waals surface area contributed by atoms with Gasteiger partial charge in [0.1, 0.15) is 0 Å². The Morgan fingerprint density at radius 1 is 1.25 bits per heavy atom. The van der Waals surface area contributed by atoms with E-state index < -0.39 is 42.1 Å². The number of hydrogen-bond donors (Lipinski definition) is 2.